The number of amides is 2. The summed E-state index contributed by atoms with van der Waals surface area (Å²) in [6.07, 6.45) is 3.40. The van der Waals surface area contributed by atoms with Crippen molar-refractivity contribution >= 4 is 17.6 Å². The molecular formula is C22H26N4O3. The molecule has 1 fully saturated rings. The standard InChI is InChI=1S/C22H26N4O3/c23-21(18-11-4-5-12-19(18)22(24)28)26-16-8-6-7-15(13-16)25-20(27)14-29-17-9-2-1-3-10-17/h1-5,9-12,15-16H,6-8,13-14H2,(H2,23,26)(H2,24,28)(H,25,27). The molecule has 2 unspecified atom stereocenters. The second-order valence-electron chi connectivity index (χ2n) is 7.11. The van der Waals surface area contributed by atoms with E-state index in [1.165, 1.54) is 0 Å². The van der Waals surface area contributed by atoms with Crippen LogP contribution in [0.25, 0.3) is 0 Å². The number of aliphatic imine (C=N–C) groups is 1. The molecule has 2 aromatic rings. The van der Waals surface area contributed by atoms with E-state index in [0.717, 1.165) is 19.3 Å². The first-order valence-electron chi connectivity index (χ1n) is 9.72. The third-order valence-corrected chi connectivity index (χ3v) is 4.91. The van der Waals surface area contributed by atoms with E-state index in [1.807, 2.05) is 30.3 Å². The van der Waals surface area contributed by atoms with Gasteiger partial charge in [-0.15, -0.1) is 0 Å². The highest BCUT2D eigenvalue weighted by atomic mass is 16.5. The Morgan fingerprint density at radius 2 is 1.69 bits per heavy atom. The first-order valence-corrected chi connectivity index (χ1v) is 9.72. The summed E-state index contributed by atoms with van der Waals surface area (Å²) in [5.41, 5.74) is 12.5. The first-order chi connectivity index (χ1) is 14.0. The molecule has 29 heavy (non-hydrogen) atoms. The number of carbonyl (C=O) groups is 2. The maximum Gasteiger partial charge on any atom is 0.258 e. The number of nitrogens with two attached hydrogens (primary N) is 2. The number of ether oxygens (including phenoxy) is 1. The molecule has 0 aromatic heterocycles. The lowest BCUT2D eigenvalue weighted by Gasteiger charge is -2.28. The summed E-state index contributed by atoms with van der Waals surface area (Å²) in [7, 11) is 0. The summed E-state index contributed by atoms with van der Waals surface area (Å²) in [5.74, 6) is 0.264. The van der Waals surface area contributed by atoms with Crippen molar-refractivity contribution in [1.29, 1.82) is 0 Å². The highest BCUT2D eigenvalue weighted by Crippen LogP contribution is 2.22. The maximum absolute atomic E-state index is 12.2. The molecule has 1 aliphatic rings. The lowest BCUT2D eigenvalue weighted by molar-refractivity contribution is -0.124. The highest BCUT2D eigenvalue weighted by molar-refractivity contribution is 6.08. The molecule has 1 saturated carbocycles. The molecule has 0 spiro atoms. The van der Waals surface area contributed by atoms with Crippen LogP contribution in [-0.4, -0.2) is 36.3 Å². The van der Waals surface area contributed by atoms with Crippen LogP contribution in [0.4, 0.5) is 0 Å². The van der Waals surface area contributed by atoms with Crippen LogP contribution in [0, 0.1) is 0 Å². The fourth-order valence-electron chi connectivity index (χ4n) is 3.53. The van der Waals surface area contributed by atoms with Gasteiger partial charge in [-0.3, -0.25) is 14.6 Å². The number of benzene rings is 2. The van der Waals surface area contributed by atoms with E-state index in [0.29, 0.717) is 29.1 Å². The van der Waals surface area contributed by atoms with Gasteiger partial charge in [-0.25, -0.2) is 0 Å². The molecular weight excluding hydrogens is 368 g/mol. The number of nitrogens with zero attached hydrogens (tertiary/aromatic N) is 1. The monoisotopic (exact) mass is 394 g/mol. The molecule has 2 atom stereocenters. The average Bonchev–Trinajstić information content (AvgIpc) is 2.73. The Hall–Kier alpha value is -3.35. The van der Waals surface area contributed by atoms with Crippen LogP contribution in [0.2, 0.25) is 0 Å². The number of nitrogens with one attached hydrogen (secondary N) is 1. The number of para-hydroxylation sites is 1. The molecule has 0 bridgehead atoms. The molecule has 3 rings (SSSR count). The van der Waals surface area contributed by atoms with E-state index in [4.69, 9.17) is 16.2 Å². The van der Waals surface area contributed by atoms with E-state index in [9.17, 15) is 9.59 Å². The molecule has 0 radical (unpaired) electrons. The minimum atomic E-state index is -0.536. The van der Waals surface area contributed by atoms with Gasteiger partial charge in [-0.2, -0.15) is 0 Å². The van der Waals surface area contributed by atoms with Gasteiger partial charge in [0.1, 0.15) is 11.6 Å². The van der Waals surface area contributed by atoms with Crippen LogP contribution < -0.4 is 21.5 Å². The molecule has 7 nitrogen and oxygen atoms in total. The summed E-state index contributed by atoms with van der Waals surface area (Å²) in [6.45, 7) is -0.0252. The fraction of sp³-hybridized carbons (Fsp3) is 0.318. The molecule has 2 aromatic carbocycles. The van der Waals surface area contributed by atoms with Crippen LogP contribution in [0.5, 0.6) is 5.75 Å². The van der Waals surface area contributed by atoms with Crippen LogP contribution >= 0.6 is 0 Å². The van der Waals surface area contributed by atoms with E-state index >= 15 is 0 Å². The zero-order valence-corrected chi connectivity index (χ0v) is 16.2. The van der Waals surface area contributed by atoms with Crippen LogP contribution in [0.3, 0.4) is 0 Å². The lowest BCUT2D eigenvalue weighted by Crippen LogP contribution is -2.42. The van der Waals surface area contributed by atoms with Crippen molar-refractivity contribution in [3.8, 4) is 5.75 Å². The van der Waals surface area contributed by atoms with Crippen molar-refractivity contribution in [3.05, 3.63) is 65.7 Å². The summed E-state index contributed by atoms with van der Waals surface area (Å²) >= 11 is 0. The minimum absolute atomic E-state index is 0.0172. The quantitative estimate of drug-likeness (QED) is 0.491. The zero-order valence-electron chi connectivity index (χ0n) is 16.2. The minimum Gasteiger partial charge on any atom is -0.484 e. The zero-order chi connectivity index (χ0) is 20.6. The van der Waals surface area contributed by atoms with E-state index < -0.39 is 5.91 Å². The molecule has 0 saturated heterocycles. The highest BCUT2D eigenvalue weighted by Gasteiger charge is 2.24. The Morgan fingerprint density at radius 1 is 1.00 bits per heavy atom. The summed E-state index contributed by atoms with van der Waals surface area (Å²) in [6, 6.07) is 16.1. The van der Waals surface area contributed by atoms with E-state index in [2.05, 4.69) is 10.3 Å². The van der Waals surface area contributed by atoms with Gasteiger partial charge in [-0.05, 0) is 43.9 Å². The number of carbonyl (C=O) groups excluding carboxylic acids is 2. The number of primary amides is 1. The molecule has 152 valence electrons. The van der Waals surface area contributed by atoms with Crippen molar-refractivity contribution in [1.82, 2.24) is 5.32 Å². The molecule has 7 heteroatoms. The largest absolute Gasteiger partial charge is 0.484 e. The van der Waals surface area contributed by atoms with Crippen molar-refractivity contribution in [3.63, 3.8) is 0 Å². The number of rotatable bonds is 7. The normalized spacial score (nSPS) is 19.4. The van der Waals surface area contributed by atoms with Gasteiger partial charge in [0.15, 0.2) is 6.61 Å². The molecule has 1 aliphatic carbocycles. The van der Waals surface area contributed by atoms with E-state index in [1.54, 1.807) is 24.3 Å². The molecule has 2 amide bonds. The van der Waals surface area contributed by atoms with Gasteiger partial charge in [-0.1, -0.05) is 36.4 Å². The van der Waals surface area contributed by atoms with Crippen LogP contribution in [0.15, 0.2) is 59.6 Å². The Labute approximate surface area is 170 Å². The van der Waals surface area contributed by atoms with Crippen molar-refractivity contribution in [2.24, 2.45) is 16.5 Å². The number of amidine groups is 1. The Bertz CT molecular complexity index is 883. The topological polar surface area (TPSA) is 120 Å². The Balaban J connectivity index is 1.57. The van der Waals surface area contributed by atoms with Crippen LogP contribution in [0.1, 0.15) is 41.6 Å². The third-order valence-electron chi connectivity index (χ3n) is 4.91. The predicted octanol–water partition coefficient (Wildman–Crippen LogP) is 2.00. The van der Waals surface area contributed by atoms with Gasteiger partial charge < -0.3 is 21.5 Å². The van der Waals surface area contributed by atoms with Gasteiger partial charge in [0.2, 0.25) is 5.91 Å². The van der Waals surface area contributed by atoms with Gasteiger partial charge in [0, 0.05) is 17.2 Å². The van der Waals surface area contributed by atoms with E-state index in [-0.39, 0.29) is 24.6 Å². The SMILES string of the molecule is NC(=O)c1ccccc1C(N)=NC1CCCC(NC(=O)COc2ccccc2)C1. The second-order valence-corrected chi connectivity index (χ2v) is 7.11. The molecule has 0 heterocycles. The molecule has 5 N–H and O–H groups in total. The molecule has 0 aliphatic heterocycles. The smallest absolute Gasteiger partial charge is 0.258 e. The summed E-state index contributed by atoms with van der Waals surface area (Å²) in [4.78, 5) is 28.4. The predicted molar refractivity (Wildman–Crippen MR) is 112 cm³/mol. The van der Waals surface area contributed by atoms with Gasteiger partial charge >= 0.3 is 0 Å². The number of hydrogen-bond donors (Lipinski definition) is 3. The fourth-order valence-corrected chi connectivity index (χ4v) is 3.53. The maximum atomic E-state index is 12.2. The second kappa shape index (κ2) is 9.73. The first kappa shape index (κ1) is 20.4. The van der Waals surface area contributed by atoms with Gasteiger partial charge in [0.05, 0.1) is 6.04 Å². The van der Waals surface area contributed by atoms with Crippen molar-refractivity contribution in [2.45, 2.75) is 37.8 Å². The Kier molecular flexibility index (Phi) is 6.84. The third kappa shape index (κ3) is 5.81. The van der Waals surface area contributed by atoms with Crippen molar-refractivity contribution in [2.75, 3.05) is 6.61 Å². The van der Waals surface area contributed by atoms with Crippen LogP contribution in [-0.2, 0) is 4.79 Å². The average molecular weight is 394 g/mol. The number of hydrogen-bond acceptors (Lipinski definition) is 4. The summed E-state index contributed by atoms with van der Waals surface area (Å²) in [5, 5.41) is 3.01. The van der Waals surface area contributed by atoms with Gasteiger partial charge in [0.25, 0.3) is 5.91 Å². The van der Waals surface area contributed by atoms with Crippen molar-refractivity contribution < 1.29 is 14.3 Å². The Morgan fingerprint density at radius 3 is 2.41 bits per heavy atom. The summed E-state index contributed by atoms with van der Waals surface area (Å²) < 4.78 is 5.49. The lowest BCUT2D eigenvalue weighted by atomic mass is 9.91.